The quantitative estimate of drug-likeness (QED) is 0.791. The minimum atomic E-state index is -4.22. The number of nitrogen functional groups attached to an aromatic ring is 1. The normalized spacial score (nSPS) is 21.8. The van der Waals surface area contributed by atoms with E-state index in [4.69, 9.17) is 5.73 Å². The van der Waals surface area contributed by atoms with Gasteiger partial charge < -0.3 is 11.1 Å². The average molecular weight is 337 g/mol. The van der Waals surface area contributed by atoms with Crippen LogP contribution >= 0.6 is 12.4 Å². The number of hydrogen-bond acceptors (Lipinski definition) is 2. The number of hydrogen-bond donors (Lipinski definition) is 2. The molecule has 1 aromatic rings. The van der Waals surface area contributed by atoms with E-state index in [1.807, 2.05) is 6.92 Å². The Bertz CT molecular complexity index is 534. The molecule has 3 nitrogen and oxygen atoms in total. The fraction of sp³-hybridized carbons (Fsp3) is 0.533. The minimum absolute atomic E-state index is 0. The Morgan fingerprint density at radius 1 is 1.32 bits per heavy atom. The third-order valence-corrected chi connectivity index (χ3v) is 4.03. The summed E-state index contributed by atoms with van der Waals surface area (Å²) in [6.07, 6.45) is -3.30. The molecule has 124 valence electrons. The number of halogens is 4. The van der Waals surface area contributed by atoms with Crippen LogP contribution in [0.3, 0.4) is 0 Å². The van der Waals surface area contributed by atoms with E-state index in [0.717, 1.165) is 5.56 Å². The molecule has 22 heavy (non-hydrogen) atoms. The van der Waals surface area contributed by atoms with E-state index in [1.54, 1.807) is 18.2 Å². The molecule has 2 rings (SSSR count). The largest absolute Gasteiger partial charge is 0.399 e. The van der Waals surface area contributed by atoms with Crippen LogP contribution in [-0.4, -0.2) is 12.1 Å². The van der Waals surface area contributed by atoms with Crippen molar-refractivity contribution in [2.24, 2.45) is 11.8 Å². The SMILES string of the molecule is Cc1ccc(N)cc1NC(=O)C1CCCC(C(F)(F)F)C1.Cl. The number of carbonyl (C=O) groups is 1. The summed E-state index contributed by atoms with van der Waals surface area (Å²) in [5, 5.41) is 2.71. The second-order valence-corrected chi connectivity index (χ2v) is 5.67. The first kappa shape index (κ1) is 18.6. The zero-order chi connectivity index (χ0) is 15.6. The van der Waals surface area contributed by atoms with E-state index >= 15 is 0 Å². The van der Waals surface area contributed by atoms with Gasteiger partial charge in [-0.25, -0.2) is 0 Å². The maximum absolute atomic E-state index is 12.8. The van der Waals surface area contributed by atoms with E-state index in [1.165, 1.54) is 0 Å². The first-order chi connectivity index (χ1) is 9.77. The van der Waals surface area contributed by atoms with Gasteiger partial charge in [-0.3, -0.25) is 4.79 Å². The van der Waals surface area contributed by atoms with Gasteiger partial charge in [0.25, 0.3) is 0 Å². The summed E-state index contributed by atoms with van der Waals surface area (Å²) in [6.45, 7) is 1.81. The third-order valence-electron chi connectivity index (χ3n) is 4.03. The molecule has 1 aromatic carbocycles. The van der Waals surface area contributed by atoms with Crippen molar-refractivity contribution in [1.29, 1.82) is 0 Å². The van der Waals surface area contributed by atoms with Crippen LogP contribution in [0, 0.1) is 18.8 Å². The molecule has 0 saturated heterocycles. The van der Waals surface area contributed by atoms with Crippen LogP contribution in [0.2, 0.25) is 0 Å². The first-order valence-corrected chi connectivity index (χ1v) is 7.01. The smallest absolute Gasteiger partial charge is 0.391 e. The van der Waals surface area contributed by atoms with Crippen LogP contribution < -0.4 is 11.1 Å². The lowest BCUT2D eigenvalue weighted by molar-refractivity contribution is -0.185. The van der Waals surface area contributed by atoms with Crippen molar-refractivity contribution in [3.63, 3.8) is 0 Å². The van der Waals surface area contributed by atoms with Gasteiger partial charge in [0.2, 0.25) is 5.91 Å². The third kappa shape index (κ3) is 4.53. The minimum Gasteiger partial charge on any atom is -0.399 e. The second kappa shape index (κ2) is 7.22. The average Bonchev–Trinajstić information content (AvgIpc) is 2.42. The lowest BCUT2D eigenvalue weighted by Gasteiger charge is -2.29. The summed E-state index contributed by atoms with van der Waals surface area (Å²) >= 11 is 0. The molecule has 0 spiro atoms. The van der Waals surface area contributed by atoms with Gasteiger partial charge in [0.15, 0.2) is 0 Å². The Balaban J connectivity index is 0.00000242. The van der Waals surface area contributed by atoms with E-state index in [9.17, 15) is 18.0 Å². The lowest BCUT2D eigenvalue weighted by Crippen LogP contribution is -2.34. The van der Waals surface area contributed by atoms with E-state index in [-0.39, 0.29) is 31.2 Å². The Labute approximate surface area is 133 Å². The molecule has 3 N–H and O–H groups in total. The molecule has 2 unspecified atom stereocenters. The molecule has 0 bridgehead atoms. The molecule has 1 amide bonds. The van der Waals surface area contributed by atoms with E-state index < -0.39 is 18.0 Å². The highest BCUT2D eigenvalue weighted by atomic mass is 35.5. The van der Waals surface area contributed by atoms with Gasteiger partial charge in [0, 0.05) is 17.3 Å². The van der Waals surface area contributed by atoms with Gasteiger partial charge in [0.1, 0.15) is 0 Å². The van der Waals surface area contributed by atoms with E-state index in [0.29, 0.717) is 24.2 Å². The van der Waals surface area contributed by atoms with Crippen LogP contribution in [0.1, 0.15) is 31.2 Å². The van der Waals surface area contributed by atoms with Crippen LogP contribution in [0.15, 0.2) is 18.2 Å². The Morgan fingerprint density at radius 3 is 2.64 bits per heavy atom. The summed E-state index contributed by atoms with van der Waals surface area (Å²) in [6, 6.07) is 5.10. The summed E-state index contributed by atoms with van der Waals surface area (Å²) in [5.74, 6) is -2.31. The highest BCUT2D eigenvalue weighted by Crippen LogP contribution is 2.40. The summed E-state index contributed by atoms with van der Waals surface area (Å²) in [7, 11) is 0. The molecule has 2 atom stereocenters. The number of amides is 1. The Hall–Kier alpha value is -1.43. The number of nitrogens with one attached hydrogen (secondary N) is 1. The van der Waals surface area contributed by atoms with Crippen molar-refractivity contribution < 1.29 is 18.0 Å². The van der Waals surface area contributed by atoms with Crippen LogP contribution in [-0.2, 0) is 4.79 Å². The summed E-state index contributed by atoms with van der Waals surface area (Å²) in [4.78, 5) is 12.2. The zero-order valence-corrected chi connectivity index (χ0v) is 13.1. The van der Waals surface area contributed by atoms with Gasteiger partial charge in [-0.2, -0.15) is 13.2 Å². The Morgan fingerprint density at radius 2 is 2.00 bits per heavy atom. The molecule has 0 heterocycles. The van der Waals surface area contributed by atoms with Crippen LogP contribution in [0.25, 0.3) is 0 Å². The number of anilines is 2. The number of benzene rings is 1. The van der Waals surface area contributed by atoms with Gasteiger partial charge in [-0.1, -0.05) is 12.5 Å². The molecule has 1 saturated carbocycles. The molecule has 1 aliphatic rings. The van der Waals surface area contributed by atoms with Gasteiger partial charge >= 0.3 is 6.18 Å². The summed E-state index contributed by atoms with van der Waals surface area (Å²) in [5.41, 5.74) is 7.57. The van der Waals surface area contributed by atoms with Crippen molar-refractivity contribution >= 4 is 29.7 Å². The predicted octanol–water partition coefficient (Wildman–Crippen LogP) is 4.31. The monoisotopic (exact) mass is 336 g/mol. The number of rotatable bonds is 2. The lowest BCUT2D eigenvalue weighted by atomic mass is 9.80. The highest BCUT2D eigenvalue weighted by Gasteiger charge is 2.43. The first-order valence-electron chi connectivity index (χ1n) is 7.01. The van der Waals surface area contributed by atoms with E-state index in [2.05, 4.69) is 5.32 Å². The second-order valence-electron chi connectivity index (χ2n) is 5.67. The molecular formula is C15H20ClF3N2O. The Kier molecular flexibility index (Phi) is 6.11. The highest BCUT2D eigenvalue weighted by molar-refractivity contribution is 5.93. The fourth-order valence-electron chi connectivity index (χ4n) is 2.73. The number of nitrogens with two attached hydrogens (primary N) is 1. The zero-order valence-electron chi connectivity index (χ0n) is 12.2. The van der Waals surface area contributed by atoms with Crippen molar-refractivity contribution in [1.82, 2.24) is 0 Å². The van der Waals surface area contributed by atoms with Crippen molar-refractivity contribution in [2.45, 2.75) is 38.8 Å². The van der Waals surface area contributed by atoms with Crippen LogP contribution in [0.5, 0.6) is 0 Å². The predicted molar refractivity (Wildman–Crippen MR) is 83.0 cm³/mol. The van der Waals surface area contributed by atoms with Gasteiger partial charge in [-0.05, 0) is 43.9 Å². The molecule has 0 aromatic heterocycles. The molecule has 0 radical (unpaired) electrons. The molecule has 7 heteroatoms. The molecular weight excluding hydrogens is 317 g/mol. The molecule has 1 fully saturated rings. The van der Waals surface area contributed by atoms with Crippen molar-refractivity contribution in [2.75, 3.05) is 11.1 Å². The van der Waals surface area contributed by atoms with Gasteiger partial charge in [-0.15, -0.1) is 12.4 Å². The maximum atomic E-state index is 12.8. The standard InChI is InChI=1S/C15H19F3N2O.ClH/c1-9-5-6-12(19)8-13(9)20-14(21)10-3-2-4-11(7-10)15(16,17)18;/h5-6,8,10-11H,2-4,7,19H2,1H3,(H,20,21);1H. The summed E-state index contributed by atoms with van der Waals surface area (Å²) < 4.78 is 38.3. The molecule has 0 aliphatic heterocycles. The van der Waals surface area contributed by atoms with Crippen LogP contribution in [0.4, 0.5) is 24.5 Å². The number of carbonyl (C=O) groups excluding carboxylic acids is 1. The van der Waals surface area contributed by atoms with Gasteiger partial charge in [0.05, 0.1) is 5.92 Å². The number of alkyl halides is 3. The maximum Gasteiger partial charge on any atom is 0.391 e. The van der Waals surface area contributed by atoms with Crippen molar-refractivity contribution in [3.05, 3.63) is 23.8 Å². The number of aryl methyl sites for hydroxylation is 1. The molecule has 1 aliphatic carbocycles. The topological polar surface area (TPSA) is 55.1 Å². The fourth-order valence-corrected chi connectivity index (χ4v) is 2.73. The van der Waals surface area contributed by atoms with Crippen molar-refractivity contribution in [3.8, 4) is 0 Å².